The molecule has 0 aliphatic carbocycles. The minimum atomic E-state index is -0.00468. The monoisotopic (exact) mass is 410 g/mol. The van der Waals surface area contributed by atoms with Crippen LogP contribution in [0.5, 0.6) is 5.75 Å². The lowest BCUT2D eigenvalue weighted by Gasteiger charge is -2.32. The van der Waals surface area contributed by atoms with E-state index in [9.17, 15) is 9.59 Å². The van der Waals surface area contributed by atoms with E-state index in [4.69, 9.17) is 4.74 Å². The highest BCUT2D eigenvalue weighted by atomic mass is 16.5. The van der Waals surface area contributed by atoms with Gasteiger partial charge in [-0.15, -0.1) is 0 Å². The van der Waals surface area contributed by atoms with Gasteiger partial charge in [-0.1, -0.05) is 30.3 Å². The molecule has 0 radical (unpaired) electrons. The highest BCUT2D eigenvalue weighted by Crippen LogP contribution is 2.20. The van der Waals surface area contributed by atoms with Gasteiger partial charge in [0.05, 0.1) is 26.2 Å². The Bertz CT molecular complexity index is 898. The number of ether oxygens (including phenoxy) is 1. The van der Waals surface area contributed by atoms with Crippen molar-refractivity contribution in [3.05, 3.63) is 58.7 Å². The predicted octanol–water partition coefficient (Wildman–Crippen LogP) is 1.66. The standard InChI is InChI=1S/C24H31N3O3/c1-17-7-6-10-21(20(17)4)30-16-23(29)27-13-11-26(12-14-27)15-22(28)25-24-18(2)8-5-9-19(24)3/h5-10H,11-16H2,1-4H3,(H,25,28)/p+1. The van der Waals surface area contributed by atoms with E-state index in [-0.39, 0.29) is 18.4 Å². The summed E-state index contributed by atoms with van der Waals surface area (Å²) in [5.41, 5.74) is 5.25. The number of carbonyl (C=O) groups is 2. The van der Waals surface area contributed by atoms with Crippen LogP contribution in [0.1, 0.15) is 22.3 Å². The molecule has 0 saturated carbocycles. The van der Waals surface area contributed by atoms with E-state index in [2.05, 4.69) is 5.32 Å². The van der Waals surface area contributed by atoms with Crippen LogP contribution < -0.4 is 15.0 Å². The second-order valence-corrected chi connectivity index (χ2v) is 8.11. The van der Waals surface area contributed by atoms with Crippen molar-refractivity contribution in [2.24, 2.45) is 0 Å². The number of amides is 2. The first-order valence-electron chi connectivity index (χ1n) is 10.5. The summed E-state index contributed by atoms with van der Waals surface area (Å²) < 4.78 is 5.75. The average Bonchev–Trinajstić information content (AvgIpc) is 2.72. The maximum absolute atomic E-state index is 12.5. The Kier molecular flexibility index (Phi) is 7.11. The number of carbonyl (C=O) groups excluding carboxylic acids is 2. The third kappa shape index (κ3) is 5.39. The number of quaternary nitrogens is 1. The first kappa shape index (κ1) is 21.8. The number of hydrogen-bond acceptors (Lipinski definition) is 3. The van der Waals surface area contributed by atoms with E-state index in [1.54, 1.807) is 0 Å². The van der Waals surface area contributed by atoms with E-state index < -0.39 is 0 Å². The summed E-state index contributed by atoms with van der Waals surface area (Å²) >= 11 is 0. The van der Waals surface area contributed by atoms with Crippen molar-refractivity contribution < 1.29 is 19.2 Å². The molecular formula is C24H32N3O3+. The number of anilines is 1. The molecule has 2 N–H and O–H groups in total. The van der Waals surface area contributed by atoms with Crippen LogP contribution in [-0.2, 0) is 9.59 Å². The van der Waals surface area contributed by atoms with Gasteiger partial charge >= 0.3 is 0 Å². The van der Waals surface area contributed by atoms with Gasteiger partial charge in [-0.05, 0) is 56.0 Å². The molecule has 0 aromatic heterocycles. The number of nitrogens with zero attached hydrogens (tertiary/aromatic N) is 1. The number of hydrogen-bond donors (Lipinski definition) is 2. The molecule has 0 atom stereocenters. The van der Waals surface area contributed by atoms with E-state index in [1.807, 2.05) is 69.0 Å². The molecule has 1 aliphatic rings. The molecule has 2 amide bonds. The summed E-state index contributed by atoms with van der Waals surface area (Å²) in [7, 11) is 0. The molecular weight excluding hydrogens is 378 g/mol. The molecule has 1 aliphatic heterocycles. The fourth-order valence-electron chi connectivity index (χ4n) is 3.78. The van der Waals surface area contributed by atoms with Gasteiger partial charge in [0, 0.05) is 5.69 Å². The summed E-state index contributed by atoms with van der Waals surface area (Å²) in [6.07, 6.45) is 0. The number of rotatable bonds is 6. The van der Waals surface area contributed by atoms with Crippen LogP contribution in [0, 0.1) is 27.7 Å². The lowest BCUT2D eigenvalue weighted by molar-refractivity contribution is -0.895. The van der Waals surface area contributed by atoms with Crippen molar-refractivity contribution in [1.29, 1.82) is 0 Å². The van der Waals surface area contributed by atoms with Crippen LogP contribution in [0.3, 0.4) is 0 Å². The smallest absolute Gasteiger partial charge is 0.279 e. The fourth-order valence-corrected chi connectivity index (χ4v) is 3.78. The van der Waals surface area contributed by atoms with Crippen LogP contribution in [-0.4, -0.2) is 56.0 Å². The summed E-state index contributed by atoms with van der Waals surface area (Å²) in [6.45, 7) is 11.3. The highest BCUT2D eigenvalue weighted by Gasteiger charge is 2.25. The molecule has 1 heterocycles. The lowest BCUT2D eigenvalue weighted by atomic mass is 10.1. The lowest BCUT2D eigenvalue weighted by Crippen LogP contribution is -3.15. The van der Waals surface area contributed by atoms with Gasteiger partial charge in [0.25, 0.3) is 11.8 Å². The van der Waals surface area contributed by atoms with Crippen LogP contribution >= 0.6 is 0 Å². The Morgan fingerprint density at radius 2 is 1.57 bits per heavy atom. The van der Waals surface area contributed by atoms with Gasteiger partial charge in [0.1, 0.15) is 5.75 Å². The molecule has 6 heteroatoms. The Labute approximate surface area is 178 Å². The Balaban J connectivity index is 1.44. The maximum atomic E-state index is 12.5. The zero-order chi connectivity index (χ0) is 21.7. The number of nitrogens with one attached hydrogen (secondary N) is 2. The van der Waals surface area contributed by atoms with E-state index in [0.717, 1.165) is 46.8 Å². The third-order valence-electron chi connectivity index (χ3n) is 5.89. The molecule has 3 rings (SSSR count). The number of benzene rings is 2. The summed E-state index contributed by atoms with van der Waals surface area (Å²) in [6, 6.07) is 11.9. The highest BCUT2D eigenvalue weighted by molar-refractivity contribution is 5.93. The quantitative estimate of drug-likeness (QED) is 0.762. The third-order valence-corrected chi connectivity index (χ3v) is 5.89. The minimum absolute atomic E-state index is 0.00468. The molecule has 160 valence electrons. The van der Waals surface area contributed by atoms with Crippen LogP contribution in [0.15, 0.2) is 36.4 Å². The van der Waals surface area contributed by atoms with Crippen molar-refractivity contribution >= 4 is 17.5 Å². The zero-order valence-electron chi connectivity index (χ0n) is 18.4. The second-order valence-electron chi connectivity index (χ2n) is 8.11. The molecule has 1 fully saturated rings. The van der Waals surface area contributed by atoms with Crippen molar-refractivity contribution in [1.82, 2.24) is 4.90 Å². The summed E-state index contributed by atoms with van der Waals surface area (Å²) in [5, 5.41) is 3.05. The van der Waals surface area contributed by atoms with Gasteiger partial charge in [0.15, 0.2) is 13.2 Å². The Morgan fingerprint density at radius 3 is 2.23 bits per heavy atom. The largest absolute Gasteiger partial charge is 0.483 e. The normalized spacial score (nSPS) is 14.5. The number of aryl methyl sites for hydroxylation is 3. The molecule has 0 unspecified atom stereocenters. The second kappa shape index (κ2) is 9.76. The first-order chi connectivity index (χ1) is 14.3. The molecule has 2 aromatic carbocycles. The van der Waals surface area contributed by atoms with E-state index >= 15 is 0 Å². The molecule has 1 saturated heterocycles. The first-order valence-corrected chi connectivity index (χ1v) is 10.5. The zero-order valence-corrected chi connectivity index (χ0v) is 18.4. The molecule has 6 nitrogen and oxygen atoms in total. The van der Waals surface area contributed by atoms with Gasteiger partial charge in [-0.25, -0.2) is 0 Å². The molecule has 30 heavy (non-hydrogen) atoms. The Morgan fingerprint density at radius 1 is 0.967 bits per heavy atom. The Hall–Kier alpha value is -2.86. The number of piperazine rings is 1. The minimum Gasteiger partial charge on any atom is -0.483 e. The topological polar surface area (TPSA) is 63.1 Å². The SMILES string of the molecule is Cc1cccc(OCC(=O)N2CC[NH+](CC(=O)Nc3c(C)cccc3C)CC2)c1C. The van der Waals surface area contributed by atoms with Crippen molar-refractivity contribution in [2.75, 3.05) is 44.6 Å². The average molecular weight is 411 g/mol. The van der Waals surface area contributed by atoms with Crippen molar-refractivity contribution in [3.8, 4) is 5.75 Å². The van der Waals surface area contributed by atoms with Gasteiger partial charge < -0.3 is 19.9 Å². The van der Waals surface area contributed by atoms with Crippen molar-refractivity contribution in [3.63, 3.8) is 0 Å². The molecule has 0 bridgehead atoms. The summed E-state index contributed by atoms with van der Waals surface area (Å²) in [4.78, 5) is 28.0. The van der Waals surface area contributed by atoms with Gasteiger partial charge in [0.2, 0.25) is 0 Å². The maximum Gasteiger partial charge on any atom is 0.279 e. The molecule has 2 aromatic rings. The molecule has 0 spiro atoms. The fraction of sp³-hybridized carbons (Fsp3) is 0.417. The summed E-state index contributed by atoms with van der Waals surface area (Å²) in [5.74, 6) is 0.770. The van der Waals surface area contributed by atoms with E-state index in [0.29, 0.717) is 19.6 Å². The van der Waals surface area contributed by atoms with E-state index in [1.165, 1.54) is 4.90 Å². The predicted molar refractivity (Wildman–Crippen MR) is 118 cm³/mol. The van der Waals surface area contributed by atoms with Gasteiger partial charge in [-0.3, -0.25) is 9.59 Å². The van der Waals surface area contributed by atoms with Crippen LogP contribution in [0.2, 0.25) is 0 Å². The van der Waals surface area contributed by atoms with Crippen molar-refractivity contribution in [2.45, 2.75) is 27.7 Å². The number of para-hydroxylation sites is 1. The van der Waals surface area contributed by atoms with Gasteiger partial charge in [-0.2, -0.15) is 0 Å². The van der Waals surface area contributed by atoms with Crippen LogP contribution in [0.25, 0.3) is 0 Å². The van der Waals surface area contributed by atoms with Crippen LogP contribution in [0.4, 0.5) is 5.69 Å².